The molecule has 3 heterocycles. The quantitative estimate of drug-likeness (QED) is 0.448. The van der Waals surface area contributed by atoms with Gasteiger partial charge in [-0.3, -0.25) is 19.1 Å². The number of hydrogen-bond donors (Lipinski definition) is 0. The Labute approximate surface area is 222 Å². The van der Waals surface area contributed by atoms with Crippen LogP contribution in [0.1, 0.15) is 48.9 Å². The zero-order valence-corrected chi connectivity index (χ0v) is 22.0. The summed E-state index contributed by atoms with van der Waals surface area (Å²) in [6.45, 7) is 3.43. The lowest BCUT2D eigenvalue weighted by molar-refractivity contribution is -0.142. The van der Waals surface area contributed by atoms with E-state index < -0.39 is 0 Å². The molecule has 1 aromatic heterocycles. The minimum absolute atomic E-state index is 0.00991. The normalized spacial score (nSPS) is 18.9. The van der Waals surface area contributed by atoms with Crippen LogP contribution in [0.25, 0.3) is 5.69 Å². The maximum Gasteiger partial charge on any atom is 0.264 e. The standard InChI is InChI=1S/C30H34N4O2S/c35-28(23-19-32(20-23)18-22-10-4-1-5-11-22)33-17-16-27-26(21-33)29(36)34(24-12-6-2-7-13-24)30(31-27)37-25-14-8-3-9-15-25/h1-2,4-7,10-13,23,25H,3,8-9,14-21H2. The van der Waals surface area contributed by atoms with Gasteiger partial charge in [-0.05, 0) is 30.5 Å². The molecule has 2 aliphatic heterocycles. The van der Waals surface area contributed by atoms with E-state index in [4.69, 9.17) is 4.98 Å². The first-order valence-corrected chi connectivity index (χ1v) is 14.5. The highest BCUT2D eigenvalue weighted by Gasteiger charge is 2.37. The van der Waals surface area contributed by atoms with Crippen LogP contribution in [0, 0.1) is 5.92 Å². The lowest BCUT2D eigenvalue weighted by Crippen LogP contribution is -2.55. The van der Waals surface area contributed by atoms with E-state index in [0.29, 0.717) is 30.3 Å². The molecule has 192 valence electrons. The highest BCUT2D eigenvalue weighted by Crippen LogP contribution is 2.34. The third-order valence-electron chi connectivity index (χ3n) is 7.90. The Hall–Kier alpha value is -2.90. The first kappa shape index (κ1) is 24.4. The van der Waals surface area contributed by atoms with Gasteiger partial charge in [-0.1, -0.05) is 79.6 Å². The molecule has 2 aromatic carbocycles. The number of rotatable bonds is 6. The largest absolute Gasteiger partial charge is 0.337 e. The third-order valence-corrected chi connectivity index (χ3v) is 9.19. The maximum atomic E-state index is 13.9. The number of carbonyl (C=O) groups is 1. The number of carbonyl (C=O) groups excluding carboxylic acids is 1. The van der Waals surface area contributed by atoms with Gasteiger partial charge in [0.05, 0.1) is 29.4 Å². The van der Waals surface area contributed by atoms with Crippen LogP contribution in [0.5, 0.6) is 0 Å². The summed E-state index contributed by atoms with van der Waals surface area (Å²) < 4.78 is 1.79. The van der Waals surface area contributed by atoms with Crippen molar-refractivity contribution in [3.63, 3.8) is 0 Å². The lowest BCUT2D eigenvalue weighted by atomic mass is 9.96. The van der Waals surface area contributed by atoms with Crippen molar-refractivity contribution in [2.75, 3.05) is 19.6 Å². The summed E-state index contributed by atoms with van der Waals surface area (Å²) in [5.41, 5.74) is 3.65. The van der Waals surface area contributed by atoms with Gasteiger partial charge in [0.25, 0.3) is 5.56 Å². The highest BCUT2D eigenvalue weighted by atomic mass is 32.2. The van der Waals surface area contributed by atoms with Crippen LogP contribution in [0.3, 0.4) is 0 Å². The van der Waals surface area contributed by atoms with Gasteiger partial charge in [0.15, 0.2) is 5.16 Å². The second-order valence-electron chi connectivity index (χ2n) is 10.6. The van der Waals surface area contributed by atoms with E-state index in [9.17, 15) is 9.59 Å². The van der Waals surface area contributed by atoms with Crippen LogP contribution in [0.4, 0.5) is 0 Å². The number of thioether (sulfide) groups is 1. The van der Waals surface area contributed by atoms with E-state index in [1.807, 2.05) is 41.3 Å². The van der Waals surface area contributed by atoms with Crippen molar-refractivity contribution in [2.45, 2.75) is 62.0 Å². The van der Waals surface area contributed by atoms with Crippen molar-refractivity contribution in [1.29, 1.82) is 0 Å². The Morgan fingerprint density at radius 2 is 1.65 bits per heavy atom. The summed E-state index contributed by atoms with van der Waals surface area (Å²) in [6.07, 6.45) is 6.80. The summed E-state index contributed by atoms with van der Waals surface area (Å²) in [6, 6.07) is 20.2. The number of benzene rings is 2. The summed E-state index contributed by atoms with van der Waals surface area (Å²) >= 11 is 1.76. The van der Waals surface area contributed by atoms with E-state index in [2.05, 4.69) is 29.2 Å². The number of hydrogen-bond acceptors (Lipinski definition) is 5. The van der Waals surface area contributed by atoms with Crippen LogP contribution in [-0.4, -0.2) is 50.1 Å². The second-order valence-corrected chi connectivity index (χ2v) is 11.8. The molecule has 3 aliphatic rings. The molecule has 1 saturated heterocycles. The Morgan fingerprint density at radius 3 is 2.38 bits per heavy atom. The number of amides is 1. The summed E-state index contributed by atoms with van der Waals surface area (Å²) in [5.74, 6) is 0.178. The molecule has 6 nitrogen and oxygen atoms in total. The van der Waals surface area contributed by atoms with Crippen LogP contribution in [0.2, 0.25) is 0 Å². The molecular formula is C30H34N4O2S. The third kappa shape index (κ3) is 5.25. The monoisotopic (exact) mass is 514 g/mol. The zero-order valence-electron chi connectivity index (χ0n) is 21.2. The first-order valence-electron chi connectivity index (χ1n) is 13.6. The molecule has 1 saturated carbocycles. The van der Waals surface area contributed by atoms with Gasteiger partial charge in [-0.15, -0.1) is 0 Å². The predicted octanol–water partition coefficient (Wildman–Crippen LogP) is 4.67. The molecule has 1 amide bonds. The minimum atomic E-state index is -0.0219. The molecule has 7 heteroatoms. The molecule has 0 bridgehead atoms. The summed E-state index contributed by atoms with van der Waals surface area (Å²) in [5, 5.41) is 1.31. The smallest absolute Gasteiger partial charge is 0.264 e. The van der Waals surface area contributed by atoms with Crippen molar-refractivity contribution >= 4 is 17.7 Å². The van der Waals surface area contributed by atoms with E-state index in [-0.39, 0.29) is 17.4 Å². The molecule has 0 radical (unpaired) electrons. The van der Waals surface area contributed by atoms with Crippen molar-refractivity contribution in [1.82, 2.24) is 19.4 Å². The molecule has 0 atom stereocenters. The minimum Gasteiger partial charge on any atom is -0.337 e. The molecule has 1 aliphatic carbocycles. The fourth-order valence-corrected chi connectivity index (χ4v) is 7.14. The number of para-hydroxylation sites is 1. The molecule has 0 unspecified atom stereocenters. The lowest BCUT2D eigenvalue weighted by Gasteiger charge is -2.41. The number of nitrogens with zero attached hydrogens (tertiary/aromatic N) is 4. The van der Waals surface area contributed by atoms with E-state index in [1.54, 1.807) is 16.3 Å². The Morgan fingerprint density at radius 1 is 0.946 bits per heavy atom. The second kappa shape index (κ2) is 10.8. The van der Waals surface area contributed by atoms with Gasteiger partial charge in [0.1, 0.15) is 0 Å². The van der Waals surface area contributed by atoms with Crippen LogP contribution in [-0.2, 0) is 24.3 Å². The fraction of sp³-hybridized carbons (Fsp3) is 0.433. The van der Waals surface area contributed by atoms with E-state index in [0.717, 1.165) is 36.2 Å². The van der Waals surface area contributed by atoms with Gasteiger partial charge in [0, 0.05) is 37.8 Å². The van der Waals surface area contributed by atoms with Gasteiger partial charge in [-0.2, -0.15) is 0 Å². The average molecular weight is 515 g/mol. The molecule has 2 fully saturated rings. The van der Waals surface area contributed by atoms with Gasteiger partial charge in [-0.25, -0.2) is 4.98 Å². The van der Waals surface area contributed by atoms with E-state index >= 15 is 0 Å². The van der Waals surface area contributed by atoms with E-state index in [1.165, 1.54) is 37.7 Å². The van der Waals surface area contributed by atoms with Gasteiger partial charge >= 0.3 is 0 Å². The Kier molecular flexibility index (Phi) is 7.16. The van der Waals surface area contributed by atoms with Crippen molar-refractivity contribution < 1.29 is 4.79 Å². The first-order chi connectivity index (χ1) is 18.2. The molecule has 3 aromatic rings. The zero-order chi connectivity index (χ0) is 25.2. The molecule has 6 rings (SSSR count). The number of fused-ring (bicyclic) bond motifs is 1. The SMILES string of the molecule is O=C(C1CN(Cc2ccccc2)C1)N1CCc2nc(SC3CCCCC3)n(-c3ccccc3)c(=O)c2C1. The highest BCUT2D eigenvalue weighted by molar-refractivity contribution is 7.99. The van der Waals surface area contributed by atoms with Crippen LogP contribution < -0.4 is 5.56 Å². The van der Waals surface area contributed by atoms with Crippen molar-refractivity contribution in [3.05, 3.63) is 87.8 Å². The number of likely N-dealkylation sites (tertiary alicyclic amines) is 1. The fourth-order valence-electron chi connectivity index (χ4n) is 5.81. The average Bonchev–Trinajstić information content (AvgIpc) is 2.92. The Balaban J connectivity index is 1.20. The van der Waals surface area contributed by atoms with Crippen molar-refractivity contribution in [2.24, 2.45) is 5.92 Å². The molecule has 37 heavy (non-hydrogen) atoms. The molecule has 0 N–H and O–H groups in total. The van der Waals surface area contributed by atoms with Gasteiger partial charge in [0.2, 0.25) is 5.91 Å². The predicted molar refractivity (Wildman–Crippen MR) is 147 cm³/mol. The molecule has 0 spiro atoms. The summed E-state index contributed by atoms with van der Waals surface area (Å²) in [7, 11) is 0. The Bertz CT molecular complexity index is 1300. The van der Waals surface area contributed by atoms with Crippen molar-refractivity contribution in [3.8, 4) is 5.69 Å². The van der Waals surface area contributed by atoms with Crippen LogP contribution in [0.15, 0.2) is 70.6 Å². The van der Waals surface area contributed by atoms with Gasteiger partial charge < -0.3 is 4.90 Å². The number of aromatic nitrogens is 2. The topological polar surface area (TPSA) is 58.4 Å². The summed E-state index contributed by atoms with van der Waals surface area (Å²) in [4.78, 5) is 36.5. The van der Waals surface area contributed by atoms with Crippen LogP contribution >= 0.6 is 11.8 Å². The molecular weight excluding hydrogens is 480 g/mol. The maximum absolute atomic E-state index is 13.9.